The Hall–Kier alpha value is -2.94. The molecule has 0 fully saturated rings. The Morgan fingerprint density at radius 2 is 2.17 bits per heavy atom. The molecule has 2 aromatic rings. The van der Waals surface area contributed by atoms with Gasteiger partial charge in [-0.3, -0.25) is 9.48 Å². The van der Waals surface area contributed by atoms with Crippen LogP contribution in [0.15, 0.2) is 24.4 Å². The Balaban J connectivity index is 1.97. The van der Waals surface area contributed by atoms with E-state index in [-0.39, 0.29) is 12.5 Å². The highest BCUT2D eigenvalue weighted by Crippen LogP contribution is 2.34. The predicted molar refractivity (Wildman–Crippen MR) is 85.4 cm³/mol. The molecule has 0 unspecified atom stereocenters. The summed E-state index contributed by atoms with van der Waals surface area (Å²) in [5, 5.41) is 7.05. The zero-order chi connectivity index (χ0) is 16.2. The van der Waals surface area contributed by atoms with Crippen molar-refractivity contribution in [2.24, 2.45) is 7.05 Å². The van der Waals surface area contributed by atoms with Gasteiger partial charge in [0.05, 0.1) is 25.3 Å². The van der Waals surface area contributed by atoms with Crippen molar-refractivity contribution in [1.82, 2.24) is 15.1 Å². The maximum Gasteiger partial charge on any atom is 0.255 e. The Kier molecular flexibility index (Phi) is 4.20. The molecule has 0 saturated heterocycles. The second-order valence-electron chi connectivity index (χ2n) is 5.16. The lowest BCUT2D eigenvalue weighted by Crippen LogP contribution is -2.23. The number of benzene rings is 1. The molecule has 1 N–H and O–H groups in total. The van der Waals surface area contributed by atoms with E-state index in [1.165, 1.54) is 0 Å². The molecule has 1 aromatic carbocycles. The number of nitrogens with one attached hydrogen (secondary N) is 1. The number of hydrogen-bond acceptors (Lipinski definition) is 4. The lowest BCUT2D eigenvalue weighted by Gasteiger charge is -2.09. The topological polar surface area (TPSA) is 65.4 Å². The van der Waals surface area contributed by atoms with E-state index in [4.69, 9.17) is 15.9 Å². The standard InChI is InChI=1S/C17H17N3O3/c1-3-7-18-17(21)13-11-20(2)19-16(13)12-5-6-14-15(10-12)23-9-4-8-22-14/h1,5-6,10-11H,4,7-9H2,2H3,(H,18,21). The fourth-order valence-corrected chi connectivity index (χ4v) is 2.40. The van der Waals surface area contributed by atoms with Gasteiger partial charge in [0, 0.05) is 25.2 Å². The molecule has 0 aliphatic carbocycles. The summed E-state index contributed by atoms with van der Waals surface area (Å²) in [5.74, 6) is 3.51. The van der Waals surface area contributed by atoms with Crippen molar-refractivity contribution in [2.45, 2.75) is 6.42 Å². The van der Waals surface area contributed by atoms with Crippen molar-refractivity contribution in [3.05, 3.63) is 30.0 Å². The summed E-state index contributed by atoms with van der Waals surface area (Å²) in [5.41, 5.74) is 1.84. The number of fused-ring (bicyclic) bond motifs is 1. The molecule has 6 heteroatoms. The second kappa shape index (κ2) is 6.44. The van der Waals surface area contributed by atoms with Crippen LogP contribution in [0.1, 0.15) is 16.8 Å². The van der Waals surface area contributed by atoms with Crippen LogP contribution in [0.25, 0.3) is 11.3 Å². The third kappa shape index (κ3) is 3.14. The van der Waals surface area contributed by atoms with E-state index in [2.05, 4.69) is 16.3 Å². The maximum absolute atomic E-state index is 12.2. The minimum Gasteiger partial charge on any atom is -0.490 e. The van der Waals surface area contributed by atoms with Gasteiger partial charge in [0.15, 0.2) is 11.5 Å². The summed E-state index contributed by atoms with van der Waals surface area (Å²) < 4.78 is 12.9. The molecule has 1 aromatic heterocycles. The number of rotatable bonds is 3. The number of carbonyl (C=O) groups excluding carboxylic acids is 1. The van der Waals surface area contributed by atoms with Crippen molar-refractivity contribution in [3.8, 4) is 35.1 Å². The van der Waals surface area contributed by atoms with Crippen LogP contribution < -0.4 is 14.8 Å². The van der Waals surface area contributed by atoms with E-state index >= 15 is 0 Å². The van der Waals surface area contributed by atoms with Gasteiger partial charge in [0.2, 0.25) is 0 Å². The third-order valence-corrected chi connectivity index (χ3v) is 3.45. The SMILES string of the molecule is C#CCNC(=O)c1cn(C)nc1-c1ccc2c(c1)OCCCO2. The minimum absolute atomic E-state index is 0.175. The lowest BCUT2D eigenvalue weighted by atomic mass is 10.1. The fourth-order valence-electron chi connectivity index (χ4n) is 2.40. The summed E-state index contributed by atoms with van der Waals surface area (Å²) in [6, 6.07) is 5.56. The van der Waals surface area contributed by atoms with Crippen LogP contribution in [0, 0.1) is 12.3 Å². The van der Waals surface area contributed by atoms with E-state index in [9.17, 15) is 4.79 Å². The first kappa shape index (κ1) is 15.0. The third-order valence-electron chi connectivity index (χ3n) is 3.45. The Labute approximate surface area is 134 Å². The first-order chi connectivity index (χ1) is 11.2. The van der Waals surface area contributed by atoms with Gasteiger partial charge in [-0.05, 0) is 18.2 Å². The number of aryl methyl sites for hydroxylation is 1. The van der Waals surface area contributed by atoms with Crippen molar-refractivity contribution < 1.29 is 14.3 Å². The number of hydrogen-bond donors (Lipinski definition) is 1. The zero-order valence-electron chi connectivity index (χ0n) is 12.8. The summed E-state index contributed by atoms with van der Waals surface area (Å²) in [6.07, 6.45) is 7.70. The van der Waals surface area contributed by atoms with Gasteiger partial charge in [-0.1, -0.05) is 5.92 Å². The second-order valence-corrected chi connectivity index (χ2v) is 5.16. The normalized spacial score (nSPS) is 13.0. The molecule has 23 heavy (non-hydrogen) atoms. The van der Waals surface area contributed by atoms with Crippen LogP contribution in [0.5, 0.6) is 11.5 Å². The molecule has 0 spiro atoms. The first-order valence-electron chi connectivity index (χ1n) is 7.34. The molecular weight excluding hydrogens is 294 g/mol. The largest absolute Gasteiger partial charge is 0.490 e. The van der Waals surface area contributed by atoms with Gasteiger partial charge in [0.1, 0.15) is 5.69 Å². The van der Waals surface area contributed by atoms with Gasteiger partial charge in [-0.15, -0.1) is 6.42 Å². The van der Waals surface area contributed by atoms with Crippen LogP contribution in [-0.4, -0.2) is 35.4 Å². The van der Waals surface area contributed by atoms with Crippen LogP contribution in [0.3, 0.4) is 0 Å². The van der Waals surface area contributed by atoms with E-state index in [1.54, 1.807) is 17.9 Å². The highest BCUT2D eigenvalue weighted by molar-refractivity contribution is 6.00. The van der Waals surface area contributed by atoms with E-state index in [0.29, 0.717) is 36.0 Å². The van der Waals surface area contributed by atoms with Gasteiger partial charge in [0.25, 0.3) is 5.91 Å². The number of terminal acetylenes is 1. The molecule has 0 atom stereocenters. The van der Waals surface area contributed by atoms with Crippen molar-refractivity contribution in [3.63, 3.8) is 0 Å². The summed E-state index contributed by atoms with van der Waals surface area (Å²) >= 11 is 0. The molecule has 1 amide bonds. The van der Waals surface area contributed by atoms with E-state index in [0.717, 1.165) is 12.0 Å². The Morgan fingerprint density at radius 1 is 1.39 bits per heavy atom. The Bertz CT molecular complexity index is 774. The van der Waals surface area contributed by atoms with Crippen LogP contribution in [0.4, 0.5) is 0 Å². The van der Waals surface area contributed by atoms with Gasteiger partial charge in [-0.2, -0.15) is 5.10 Å². The molecule has 2 heterocycles. The molecule has 0 bridgehead atoms. The van der Waals surface area contributed by atoms with Crippen molar-refractivity contribution in [2.75, 3.05) is 19.8 Å². The Morgan fingerprint density at radius 3 is 2.96 bits per heavy atom. The van der Waals surface area contributed by atoms with E-state index < -0.39 is 0 Å². The van der Waals surface area contributed by atoms with Gasteiger partial charge < -0.3 is 14.8 Å². The average molecular weight is 311 g/mol. The van der Waals surface area contributed by atoms with E-state index in [1.807, 2.05) is 18.2 Å². The predicted octanol–water partition coefficient (Wildman–Crippen LogP) is 1.61. The molecule has 0 saturated carbocycles. The summed E-state index contributed by atoms with van der Waals surface area (Å²) in [7, 11) is 1.77. The van der Waals surface area contributed by atoms with Crippen molar-refractivity contribution >= 4 is 5.91 Å². The molecule has 118 valence electrons. The average Bonchev–Trinajstić information content (AvgIpc) is 2.80. The summed E-state index contributed by atoms with van der Waals surface area (Å²) in [6.45, 7) is 1.41. The minimum atomic E-state index is -0.252. The number of carbonyl (C=O) groups is 1. The number of nitrogens with zero attached hydrogens (tertiary/aromatic N) is 2. The fraction of sp³-hybridized carbons (Fsp3) is 0.294. The smallest absolute Gasteiger partial charge is 0.255 e. The molecule has 1 aliphatic heterocycles. The van der Waals surface area contributed by atoms with Gasteiger partial charge >= 0.3 is 0 Å². The zero-order valence-corrected chi connectivity index (χ0v) is 12.8. The highest BCUT2D eigenvalue weighted by Gasteiger charge is 2.19. The van der Waals surface area contributed by atoms with Crippen LogP contribution in [0.2, 0.25) is 0 Å². The maximum atomic E-state index is 12.2. The molecule has 1 aliphatic rings. The first-order valence-corrected chi connectivity index (χ1v) is 7.34. The number of aromatic nitrogens is 2. The monoisotopic (exact) mass is 311 g/mol. The lowest BCUT2D eigenvalue weighted by molar-refractivity contribution is 0.0959. The highest BCUT2D eigenvalue weighted by atomic mass is 16.5. The van der Waals surface area contributed by atoms with Crippen LogP contribution >= 0.6 is 0 Å². The van der Waals surface area contributed by atoms with Crippen molar-refractivity contribution in [1.29, 1.82) is 0 Å². The summed E-state index contributed by atoms with van der Waals surface area (Å²) in [4.78, 5) is 12.2. The quantitative estimate of drug-likeness (QED) is 0.875. The molecular formula is C17H17N3O3. The molecule has 3 rings (SSSR count). The van der Waals surface area contributed by atoms with Crippen LogP contribution in [-0.2, 0) is 7.05 Å². The van der Waals surface area contributed by atoms with Gasteiger partial charge in [-0.25, -0.2) is 0 Å². The molecule has 0 radical (unpaired) electrons. The molecule has 6 nitrogen and oxygen atoms in total. The number of ether oxygens (including phenoxy) is 2. The number of amides is 1.